The molecule has 0 saturated carbocycles. The molecule has 0 aliphatic carbocycles. The maximum Gasteiger partial charge on any atom is 0.264 e. The number of anilines is 2. The number of piperidine rings is 1. The SMILES string of the molecule is COc1ccc(S(=O)(=O)N(CC(=O)NC(C)c2ccc(N3CCCCC3)cc2)c2ccc(F)cc2)cc1. The molecule has 7 nitrogen and oxygen atoms in total. The van der Waals surface area contributed by atoms with Crippen LogP contribution in [0, 0.1) is 5.82 Å². The van der Waals surface area contributed by atoms with Gasteiger partial charge in [0.05, 0.1) is 23.7 Å². The van der Waals surface area contributed by atoms with Crippen LogP contribution in [0.5, 0.6) is 5.75 Å². The molecule has 0 spiro atoms. The number of hydrogen-bond acceptors (Lipinski definition) is 5. The number of halogens is 1. The molecule has 9 heteroatoms. The smallest absolute Gasteiger partial charge is 0.264 e. The van der Waals surface area contributed by atoms with Crippen LogP contribution in [0.3, 0.4) is 0 Å². The van der Waals surface area contributed by atoms with Crippen molar-refractivity contribution in [2.24, 2.45) is 0 Å². The second kappa shape index (κ2) is 11.6. The molecule has 3 aromatic carbocycles. The van der Waals surface area contributed by atoms with E-state index in [2.05, 4.69) is 22.3 Å². The van der Waals surface area contributed by atoms with Gasteiger partial charge in [0.15, 0.2) is 0 Å². The molecule has 0 aromatic heterocycles. The molecule has 196 valence electrons. The second-order valence-corrected chi connectivity index (χ2v) is 11.0. The third-order valence-corrected chi connectivity index (χ3v) is 8.33. The average molecular weight is 526 g/mol. The molecule has 1 heterocycles. The van der Waals surface area contributed by atoms with Crippen molar-refractivity contribution in [3.8, 4) is 5.75 Å². The molecule has 1 aliphatic rings. The summed E-state index contributed by atoms with van der Waals surface area (Å²) < 4.78 is 46.7. The summed E-state index contributed by atoms with van der Waals surface area (Å²) in [6.07, 6.45) is 3.65. The highest BCUT2D eigenvalue weighted by Crippen LogP contribution is 2.26. The predicted molar refractivity (Wildman–Crippen MR) is 143 cm³/mol. The Kier molecular flexibility index (Phi) is 8.33. The van der Waals surface area contributed by atoms with Crippen molar-refractivity contribution in [2.75, 3.05) is 35.9 Å². The Bertz CT molecular complexity index is 1290. The molecule has 0 bridgehead atoms. The van der Waals surface area contributed by atoms with Crippen LogP contribution in [0.15, 0.2) is 77.7 Å². The summed E-state index contributed by atoms with van der Waals surface area (Å²) in [6, 6.07) is 18.7. The summed E-state index contributed by atoms with van der Waals surface area (Å²) in [5, 5.41) is 2.90. The second-order valence-electron chi connectivity index (χ2n) is 9.09. The molecule has 4 rings (SSSR count). The third-order valence-electron chi connectivity index (χ3n) is 6.54. The summed E-state index contributed by atoms with van der Waals surface area (Å²) in [4.78, 5) is 15.4. The standard InChI is InChI=1S/C28H32FN3O4S/c1-21(22-6-10-24(11-7-22)31-18-4-3-5-19-31)30-28(33)20-32(25-12-8-23(29)9-13-25)37(34,35)27-16-14-26(36-2)15-17-27/h6-17,21H,3-5,18-20H2,1-2H3,(H,30,33). The molecule has 1 aliphatic heterocycles. The van der Waals surface area contributed by atoms with Gasteiger partial charge in [-0.3, -0.25) is 9.10 Å². The first-order chi connectivity index (χ1) is 17.8. The molecule has 0 radical (unpaired) electrons. The van der Waals surface area contributed by atoms with E-state index in [-0.39, 0.29) is 16.6 Å². The number of methoxy groups -OCH3 is 1. The van der Waals surface area contributed by atoms with Gasteiger partial charge in [-0.2, -0.15) is 0 Å². The van der Waals surface area contributed by atoms with Crippen LogP contribution in [0.1, 0.15) is 37.8 Å². The highest BCUT2D eigenvalue weighted by Gasteiger charge is 2.28. The van der Waals surface area contributed by atoms with E-state index in [0.717, 1.165) is 40.8 Å². The van der Waals surface area contributed by atoms with Crippen LogP contribution in [-0.2, 0) is 14.8 Å². The number of sulfonamides is 1. The minimum absolute atomic E-state index is 0.00762. The number of carbonyl (C=O) groups is 1. The van der Waals surface area contributed by atoms with Crippen LogP contribution >= 0.6 is 0 Å². The fraction of sp³-hybridized carbons (Fsp3) is 0.321. The predicted octanol–water partition coefficient (Wildman–Crippen LogP) is 4.90. The Morgan fingerprint density at radius 3 is 2.19 bits per heavy atom. The van der Waals surface area contributed by atoms with Gasteiger partial charge in [0.25, 0.3) is 10.0 Å². The van der Waals surface area contributed by atoms with Crippen LogP contribution in [0.4, 0.5) is 15.8 Å². The van der Waals surface area contributed by atoms with Gasteiger partial charge in [-0.25, -0.2) is 12.8 Å². The molecule has 1 fully saturated rings. The summed E-state index contributed by atoms with van der Waals surface area (Å²) in [7, 11) is -2.63. The van der Waals surface area contributed by atoms with Crippen LogP contribution in [-0.4, -0.2) is 41.1 Å². The topological polar surface area (TPSA) is 79.0 Å². The molecule has 1 amide bonds. The molecular formula is C28H32FN3O4S. The molecule has 37 heavy (non-hydrogen) atoms. The highest BCUT2D eigenvalue weighted by molar-refractivity contribution is 7.92. The van der Waals surface area contributed by atoms with Crippen molar-refractivity contribution in [3.63, 3.8) is 0 Å². The van der Waals surface area contributed by atoms with E-state index < -0.39 is 28.3 Å². The molecule has 3 aromatic rings. The summed E-state index contributed by atoms with van der Waals surface area (Å²) in [6.45, 7) is 3.49. The van der Waals surface area contributed by atoms with Gasteiger partial charge < -0.3 is 15.0 Å². The Morgan fingerprint density at radius 2 is 1.59 bits per heavy atom. The monoisotopic (exact) mass is 525 g/mol. The van der Waals surface area contributed by atoms with Crippen molar-refractivity contribution >= 4 is 27.3 Å². The van der Waals surface area contributed by atoms with Gasteiger partial charge in [-0.1, -0.05) is 12.1 Å². The van der Waals surface area contributed by atoms with E-state index in [4.69, 9.17) is 4.74 Å². The van der Waals surface area contributed by atoms with Crippen molar-refractivity contribution in [1.29, 1.82) is 0 Å². The third kappa shape index (κ3) is 6.40. The quantitative estimate of drug-likeness (QED) is 0.430. The lowest BCUT2D eigenvalue weighted by Gasteiger charge is -2.29. The zero-order chi connectivity index (χ0) is 26.4. The summed E-state index contributed by atoms with van der Waals surface area (Å²) in [5.41, 5.74) is 2.27. The minimum atomic E-state index is -4.12. The van der Waals surface area contributed by atoms with E-state index in [1.165, 1.54) is 62.8 Å². The highest BCUT2D eigenvalue weighted by atomic mass is 32.2. The van der Waals surface area contributed by atoms with Gasteiger partial charge in [0, 0.05) is 18.8 Å². The maximum atomic E-state index is 13.6. The number of ether oxygens (including phenoxy) is 1. The Morgan fingerprint density at radius 1 is 0.973 bits per heavy atom. The van der Waals surface area contributed by atoms with E-state index in [9.17, 15) is 17.6 Å². The van der Waals surface area contributed by atoms with Crippen molar-refractivity contribution in [2.45, 2.75) is 37.1 Å². The maximum absolute atomic E-state index is 13.6. The number of rotatable bonds is 9. The van der Waals surface area contributed by atoms with Gasteiger partial charge >= 0.3 is 0 Å². The van der Waals surface area contributed by atoms with Gasteiger partial charge in [-0.15, -0.1) is 0 Å². The number of nitrogens with one attached hydrogen (secondary N) is 1. The lowest BCUT2D eigenvalue weighted by molar-refractivity contribution is -0.120. The lowest BCUT2D eigenvalue weighted by Crippen LogP contribution is -2.41. The molecule has 1 N–H and O–H groups in total. The van der Waals surface area contributed by atoms with Crippen molar-refractivity contribution < 1.29 is 22.3 Å². The van der Waals surface area contributed by atoms with Crippen molar-refractivity contribution in [3.05, 3.63) is 84.2 Å². The Labute approximate surface area is 217 Å². The fourth-order valence-electron chi connectivity index (χ4n) is 4.42. The molecule has 1 unspecified atom stereocenters. The molecule has 1 saturated heterocycles. The summed E-state index contributed by atoms with van der Waals surface area (Å²) in [5.74, 6) is -0.476. The zero-order valence-electron chi connectivity index (χ0n) is 21.1. The Hall–Kier alpha value is -3.59. The number of carbonyl (C=O) groups excluding carboxylic acids is 1. The van der Waals surface area contributed by atoms with E-state index in [1.807, 2.05) is 19.1 Å². The van der Waals surface area contributed by atoms with E-state index in [0.29, 0.717) is 5.75 Å². The van der Waals surface area contributed by atoms with Gasteiger partial charge in [0.2, 0.25) is 5.91 Å². The Balaban J connectivity index is 1.50. The number of amides is 1. The first kappa shape index (κ1) is 26.5. The van der Waals surface area contributed by atoms with Crippen molar-refractivity contribution in [1.82, 2.24) is 5.32 Å². The van der Waals surface area contributed by atoms with Crippen LogP contribution < -0.4 is 19.3 Å². The van der Waals surface area contributed by atoms with E-state index in [1.54, 1.807) is 0 Å². The van der Waals surface area contributed by atoms with Gasteiger partial charge in [0.1, 0.15) is 18.1 Å². The first-order valence-corrected chi connectivity index (χ1v) is 13.8. The number of benzene rings is 3. The number of hydrogen-bond donors (Lipinski definition) is 1. The molecule has 1 atom stereocenters. The average Bonchev–Trinajstić information content (AvgIpc) is 2.93. The first-order valence-electron chi connectivity index (χ1n) is 12.3. The van der Waals surface area contributed by atoms with E-state index >= 15 is 0 Å². The van der Waals surface area contributed by atoms with Crippen LogP contribution in [0.2, 0.25) is 0 Å². The minimum Gasteiger partial charge on any atom is -0.497 e. The normalized spacial score (nSPS) is 14.6. The fourth-order valence-corrected chi connectivity index (χ4v) is 5.85. The summed E-state index contributed by atoms with van der Waals surface area (Å²) >= 11 is 0. The number of nitrogens with zero attached hydrogens (tertiary/aromatic N) is 2. The largest absolute Gasteiger partial charge is 0.497 e. The lowest BCUT2D eigenvalue weighted by atomic mass is 10.1. The van der Waals surface area contributed by atoms with Gasteiger partial charge in [-0.05, 0) is 92.4 Å². The zero-order valence-corrected chi connectivity index (χ0v) is 21.9. The van der Waals surface area contributed by atoms with Crippen LogP contribution in [0.25, 0.3) is 0 Å². The molecular weight excluding hydrogens is 493 g/mol.